The highest BCUT2D eigenvalue weighted by atomic mass is 16.5. The van der Waals surface area contributed by atoms with Gasteiger partial charge >= 0.3 is 11.9 Å². The summed E-state index contributed by atoms with van der Waals surface area (Å²) in [6, 6.07) is 15.9. The summed E-state index contributed by atoms with van der Waals surface area (Å²) < 4.78 is 11.3. The molecule has 0 bridgehead atoms. The molecule has 1 fully saturated rings. The van der Waals surface area contributed by atoms with Crippen LogP contribution in [0.1, 0.15) is 87.5 Å². The van der Waals surface area contributed by atoms with Crippen LogP contribution in [0, 0.1) is 12.8 Å². The topological polar surface area (TPSA) is 110 Å². The van der Waals surface area contributed by atoms with Crippen LogP contribution in [0.5, 0.6) is 11.5 Å². The summed E-state index contributed by atoms with van der Waals surface area (Å²) >= 11 is 0. The van der Waals surface area contributed by atoms with Crippen molar-refractivity contribution in [1.29, 1.82) is 0 Å². The van der Waals surface area contributed by atoms with Gasteiger partial charge in [-0.05, 0) is 127 Å². The van der Waals surface area contributed by atoms with Gasteiger partial charge in [-0.2, -0.15) is 0 Å². The minimum atomic E-state index is -0.959. The summed E-state index contributed by atoms with van der Waals surface area (Å²) in [5.41, 5.74) is 7.62. The molecule has 0 unspecified atom stereocenters. The van der Waals surface area contributed by atoms with E-state index in [4.69, 9.17) is 9.47 Å². The van der Waals surface area contributed by atoms with Gasteiger partial charge in [0.25, 0.3) is 0 Å². The van der Waals surface area contributed by atoms with Gasteiger partial charge in [0.2, 0.25) is 5.78 Å². The molecule has 3 aromatic carbocycles. The third-order valence-electron chi connectivity index (χ3n) is 8.86. The van der Waals surface area contributed by atoms with Crippen molar-refractivity contribution < 1.29 is 34.1 Å². The molecule has 4 rings (SSSR count). The minimum absolute atomic E-state index is 0.0444. The summed E-state index contributed by atoms with van der Waals surface area (Å²) in [4.78, 5) is 36.6. The molecule has 3 aromatic rings. The monoisotopic (exact) mass is 626 g/mol. The second-order valence-electron chi connectivity index (χ2n) is 12.6. The molecule has 0 heterocycles. The Morgan fingerprint density at radius 2 is 1.46 bits per heavy atom. The number of hydrogen-bond donors (Lipinski definition) is 2. The maximum atomic E-state index is 12.8. The zero-order valence-corrected chi connectivity index (χ0v) is 27.5. The molecule has 0 amide bonds. The predicted octanol–water partition coefficient (Wildman–Crippen LogP) is 7.45. The minimum Gasteiger partial charge on any atom is -0.423 e. The lowest BCUT2D eigenvalue weighted by molar-refractivity contribution is -0.146. The van der Waals surface area contributed by atoms with Crippen LogP contribution in [0.15, 0.2) is 60.7 Å². The fourth-order valence-electron chi connectivity index (χ4n) is 6.19. The van der Waals surface area contributed by atoms with Crippen LogP contribution in [-0.4, -0.2) is 41.1 Å². The molecule has 0 spiro atoms. The molecule has 7 heteroatoms. The molecular formula is C39H46O7. The lowest BCUT2D eigenvalue weighted by Crippen LogP contribution is -2.17. The van der Waals surface area contributed by atoms with Crippen LogP contribution in [0.2, 0.25) is 0 Å². The predicted molar refractivity (Wildman–Crippen MR) is 180 cm³/mol. The van der Waals surface area contributed by atoms with Crippen molar-refractivity contribution in [2.24, 2.45) is 5.92 Å². The smallest absolute Gasteiger partial charge is 0.379 e. The average Bonchev–Trinajstić information content (AvgIpc) is 3.03. The average molecular weight is 627 g/mol. The largest absolute Gasteiger partial charge is 0.423 e. The maximum Gasteiger partial charge on any atom is 0.379 e. The van der Waals surface area contributed by atoms with Crippen molar-refractivity contribution in [2.45, 2.75) is 85.0 Å². The van der Waals surface area contributed by atoms with Crippen molar-refractivity contribution in [1.82, 2.24) is 0 Å². The van der Waals surface area contributed by atoms with Crippen LogP contribution >= 0.6 is 0 Å². The highest BCUT2D eigenvalue weighted by Crippen LogP contribution is 2.41. The van der Waals surface area contributed by atoms with Crippen molar-refractivity contribution in [3.05, 3.63) is 82.9 Å². The Morgan fingerprint density at radius 3 is 2.09 bits per heavy atom. The molecule has 1 saturated carbocycles. The Labute approximate surface area is 272 Å². The van der Waals surface area contributed by atoms with Crippen LogP contribution in [-0.2, 0) is 27.2 Å². The molecular weight excluding hydrogens is 580 g/mol. The van der Waals surface area contributed by atoms with Crippen molar-refractivity contribution >= 4 is 17.7 Å². The Morgan fingerprint density at radius 1 is 0.783 bits per heavy atom. The standard InChI is InChI=1S/C39H46O7/c1-24(2)38(43)46-37-23-32(33-16-14-29(20-26(33)4)28-12-10-25(3)11-13-28)22-35(34(37)9-7-19-41)30-15-17-36(45-39(44)27(5)42)31(21-30)8-6-18-40/h14-17,20-23,25,28,40-41H,1,6-13,18-19H2,2-5H3. The molecule has 0 aliphatic heterocycles. The molecule has 46 heavy (non-hydrogen) atoms. The van der Waals surface area contributed by atoms with E-state index >= 15 is 0 Å². The lowest BCUT2D eigenvalue weighted by Gasteiger charge is -2.27. The molecule has 7 nitrogen and oxygen atoms in total. The van der Waals surface area contributed by atoms with E-state index in [-0.39, 0.29) is 24.5 Å². The number of carbonyl (C=O) groups excluding carboxylic acids is 3. The van der Waals surface area contributed by atoms with Gasteiger partial charge in [-0.3, -0.25) is 4.79 Å². The Balaban J connectivity index is 1.88. The van der Waals surface area contributed by atoms with E-state index in [0.717, 1.165) is 46.2 Å². The highest BCUT2D eigenvalue weighted by Gasteiger charge is 2.23. The first-order valence-electron chi connectivity index (χ1n) is 16.3. The van der Waals surface area contributed by atoms with Crippen molar-refractivity contribution in [2.75, 3.05) is 13.2 Å². The van der Waals surface area contributed by atoms with Crippen molar-refractivity contribution in [3.63, 3.8) is 0 Å². The quantitative estimate of drug-likeness (QED) is 0.0878. The van der Waals surface area contributed by atoms with Gasteiger partial charge in [-0.1, -0.05) is 50.6 Å². The SMILES string of the molecule is C=C(C)C(=O)Oc1cc(-c2ccc(C3CCC(C)CC3)cc2C)cc(-c2ccc(OC(=O)C(C)=O)c(CCCO)c2)c1CCCO. The summed E-state index contributed by atoms with van der Waals surface area (Å²) in [5, 5.41) is 19.3. The van der Waals surface area contributed by atoms with Crippen LogP contribution in [0.25, 0.3) is 22.3 Å². The molecule has 244 valence electrons. The third kappa shape index (κ3) is 8.59. The van der Waals surface area contributed by atoms with Gasteiger partial charge in [-0.25, -0.2) is 9.59 Å². The fraction of sp³-hybridized carbons (Fsp3) is 0.410. The Hall–Kier alpha value is -4.07. The second-order valence-corrected chi connectivity index (χ2v) is 12.6. The Bertz CT molecular complexity index is 1590. The third-order valence-corrected chi connectivity index (χ3v) is 8.86. The molecule has 2 N–H and O–H groups in total. The number of aliphatic hydroxyl groups is 2. The number of Topliss-reactive ketones (excluding diaryl/α,β-unsaturated/α-hetero) is 1. The van der Waals surface area contributed by atoms with E-state index in [1.54, 1.807) is 19.1 Å². The molecule has 1 aliphatic rings. The normalized spacial score (nSPS) is 16.1. The number of aryl methyl sites for hydroxylation is 2. The lowest BCUT2D eigenvalue weighted by atomic mass is 9.78. The second kappa shape index (κ2) is 16.0. The van der Waals surface area contributed by atoms with E-state index in [0.29, 0.717) is 42.9 Å². The fourth-order valence-corrected chi connectivity index (χ4v) is 6.19. The van der Waals surface area contributed by atoms with E-state index in [1.807, 2.05) is 12.1 Å². The zero-order valence-electron chi connectivity index (χ0n) is 27.5. The number of ketones is 1. The van der Waals surface area contributed by atoms with Gasteiger partial charge < -0.3 is 19.7 Å². The number of aliphatic hydroxyl groups excluding tert-OH is 2. The zero-order chi connectivity index (χ0) is 33.4. The maximum absolute atomic E-state index is 12.8. The summed E-state index contributed by atoms with van der Waals surface area (Å²) in [5.74, 6) is -0.230. The van der Waals surface area contributed by atoms with Crippen LogP contribution < -0.4 is 9.47 Å². The number of ether oxygens (including phenoxy) is 2. The first kappa shape index (κ1) is 34.8. The molecule has 1 aliphatic carbocycles. The van der Waals surface area contributed by atoms with Gasteiger partial charge in [-0.15, -0.1) is 0 Å². The number of hydrogen-bond acceptors (Lipinski definition) is 7. The number of esters is 2. The number of rotatable bonds is 13. The van der Waals surface area contributed by atoms with Gasteiger partial charge in [0.15, 0.2) is 0 Å². The summed E-state index contributed by atoms with van der Waals surface area (Å²) in [6.45, 7) is 10.8. The molecule has 0 radical (unpaired) electrons. The number of benzene rings is 3. The summed E-state index contributed by atoms with van der Waals surface area (Å²) in [6.07, 6.45) is 6.61. The summed E-state index contributed by atoms with van der Waals surface area (Å²) in [7, 11) is 0. The van der Waals surface area contributed by atoms with Gasteiger partial charge in [0, 0.05) is 31.3 Å². The van der Waals surface area contributed by atoms with E-state index < -0.39 is 17.7 Å². The molecule has 0 aromatic heterocycles. The van der Waals surface area contributed by atoms with E-state index in [2.05, 4.69) is 44.7 Å². The molecule has 0 saturated heterocycles. The van der Waals surface area contributed by atoms with Gasteiger partial charge in [0.05, 0.1) is 0 Å². The molecule has 0 atom stereocenters. The van der Waals surface area contributed by atoms with Crippen molar-refractivity contribution in [3.8, 4) is 33.8 Å². The van der Waals surface area contributed by atoms with E-state index in [9.17, 15) is 24.6 Å². The van der Waals surface area contributed by atoms with Gasteiger partial charge in [0.1, 0.15) is 11.5 Å². The van der Waals surface area contributed by atoms with E-state index in [1.165, 1.54) is 31.2 Å². The number of carbonyl (C=O) groups is 3. The Kier molecular flexibility index (Phi) is 12.1. The highest BCUT2D eigenvalue weighted by molar-refractivity contribution is 6.33. The van der Waals surface area contributed by atoms with Crippen LogP contribution in [0.4, 0.5) is 0 Å². The first-order chi connectivity index (χ1) is 22.0. The van der Waals surface area contributed by atoms with Crippen LogP contribution in [0.3, 0.4) is 0 Å². The first-order valence-corrected chi connectivity index (χ1v) is 16.3.